The van der Waals surface area contributed by atoms with Gasteiger partial charge < -0.3 is 20.1 Å². The lowest BCUT2D eigenvalue weighted by molar-refractivity contribution is 0.0694. The van der Waals surface area contributed by atoms with Crippen LogP contribution in [0.1, 0.15) is 50.3 Å². The van der Waals surface area contributed by atoms with Crippen molar-refractivity contribution in [2.24, 2.45) is 10.9 Å². The number of ether oxygens (including phenoxy) is 2. The summed E-state index contributed by atoms with van der Waals surface area (Å²) in [5, 5.41) is 6.94. The summed E-state index contributed by atoms with van der Waals surface area (Å²) in [6, 6.07) is 12.3. The summed E-state index contributed by atoms with van der Waals surface area (Å²) in [7, 11) is 1.79. The Labute approximate surface area is 195 Å². The highest BCUT2D eigenvalue weighted by Crippen LogP contribution is 2.39. The first-order valence-electron chi connectivity index (χ1n) is 10.4. The van der Waals surface area contributed by atoms with Crippen LogP contribution in [-0.4, -0.2) is 30.2 Å². The molecule has 0 amide bonds. The zero-order valence-corrected chi connectivity index (χ0v) is 20.2. The molecule has 1 saturated carbocycles. The quantitative estimate of drug-likeness (QED) is 0.333. The predicted octanol–water partition coefficient (Wildman–Crippen LogP) is 4.46. The van der Waals surface area contributed by atoms with Crippen molar-refractivity contribution in [3.05, 3.63) is 53.7 Å². The SMILES string of the molecule is CN=C(NCc1ccc(OCC2CC2)nc1)NC1CC(C)(C)Oc2ccccc21.I. The normalized spacial score (nSPS) is 19.7. The van der Waals surface area contributed by atoms with E-state index in [0.29, 0.717) is 12.4 Å². The zero-order chi connectivity index (χ0) is 20.3. The second-order valence-corrected chi connectivity index (χ2v) is 8.49. The van der Waals surface area contributed by atoms with E-state index in [1.165, 1.54) is 12.8 Å². The molecule has 1 aliphatic heterocycles. The van der Waals surface area contributed by atoms with Gasteiger partial charge in [0.2, 0.25) is 5.88 Å². The Balaban J connectivity index is 0.00000256. The average Bonchev–Trinajstić information content (AvgIpc) is 3.54. The highest BCUT2D eigenvalue weighted by molar-refractivity contribution is 14.0. The van der Waals surface area contributed by atoms with Crippen LogP contribution in [0, 0.1) is 5.92 Å². The van der Waals surface area contributed by atoms with E-state index in [2.05, 4.69) is 40.5 Å². The van der Waals surface area contributed by atoms with Crippen molar-refractivity contribution < 1.29 is 9.47 Å². The van der Waals surface area contributed by atoms with Crippen LogP contribution in [0.2, 0.25) is 0 Å². The molecule has 0 radical (unpaired) electrons. The topological polar surface area (TPSA) is 67.8 Å². The smallest absolute Gasteiger partial charge is 0.213 e. The number of benzene rings is 1. The molecule has 162 valence electrons. The molecule has 0 spiro atoms. The fourth-order valence-corrected chi connectivity index (χ4v) is 3.57. The number of pyridine rings is 1. The van der Waals surface area contributed by atoms with E-state index in [-0.39, 0.29) is 35.6 Å². The number of guanidine groups is 1. The van der Waals surface area contributed by atoms with Crippen molar-refractivity contribution in [1.82, 2.24) is 15.6 Å². The number of halogens is 1. The molecule has 2 heterocycles. The van der Waals surface area contributed by atoms with Crippen molar-refractivity contribution in [3.63, 3.8) is 0 Å². The summed E-state index contributed by atoms with van der Waals surface area (Å²) in [5.41, 5.74) is 2.01. The highest BCUT2D eigenvalue weighted by Gasteiger charge is 2.33. The third kappa shape index (κ3) is 6.00. The number of rotatable bonds is 6. The maximum absolute atomic E-state index is 6.12. The summed E-state index contributed by atoms with van der Waals surface area (Å²) in [6.45, 7) is 5.66. The van der Waals surface area contributed by atoms with E-state index in [1.54, 1.807) is 7.05 Å². The monoisotopic (exact) mass is 522 g/mol. The number of para-hydroxylation sites is 1. The molecule has 0 saturated heterocycles. The molecule has 1 fully saturated rings. The molecule has 2 N–H and O–H groups in total. The number of aromatic nitrogens is 1. The van der Waals surface area contributed by atoms with Crippen molar-refractivity contribution >= 4 is 29.9 Å². The van der Waals surface area contributed by atoms with Gasteiger partial charge in [-0.05, 0) is 44.2 Å². The second kappa shape index (κ2) is 9.85. The van der Waals surface area contributed by atoms with Crippen LogP contribution in [0.5, 0.6) is 11.6 Å². The Morgan fingerprint density at radius 3 is 2.73 bits per heavy atom. The van der Waals surface area contributed by atoms with Crippen molar-refractivity contribution in [2.45, 2.75) is 51.3 Å². The van der Waals surface area contributed by atoms with Gasteiger partial charge >= 0.3 is 0 Å². The molecule has 2 aliphatic rings. The number of fused-ring (bicyclic) bond motifs is 1. The van der Waals surface area contributed by atoms with Crippen LogP contribution in [0.3, 0.4) is 0 Å². The first-order valence-corrected chi connectivity index (χ1v) is 10.4. The predicted molar refractivity (Wildman–Crippen MR) is 130 cm³/mol. The summed E-state index contributed by atoms with van der Waals surface area (Å²) in [5.74, 6) is 3.12. The van der Waals surface area contributed by atoms with Crippen LogP contribution >= 0.6 is 24.0 Å². The minimum Gasteiger partial charge on any atom is -0.487 e. The Kier molecular flexibility index (Phi) is 7.44. The maximum Gasteiger partial charge on any atom is 0.213 e. The molecule has 6 nitrogen and oxygen atoms in total. The van der Waals surface area contributed by atoms with Gasteiger partial charge in [-0.25, -0.2) is 4.98 Å². The second-order valence-electron chi connectivity index (χ2n) is 8.49. The summed E-state index contributed by atoms with van der Waals surface area (Å²) in [6.07, 6.45) is 5.28. The van der Waals surface area contributed by atoms with Gasteiger partial charge in [0.15, 0.2) is 5.96 Å². The molecule has 7 heteroatoms. The van der Waals surface area contributed by atoms with Crippen LogP contribution in [0.4, 0.5) is 0 Å². The van der Waals surface area contributed by atoms with Gasteiger partial charge in [0.25, 0.3) is 0 Å². The van der Waals surface area contributed by atoms with Crippen LogP contribution in [0.15, 0.2) is 47.6 Å². The highest BCUT2D eigenvalue weighted by atomic mass is 127. The lowest BCUT2D eigenvalue weighted by Gasteiger charge is -2.38. The molecule has 1 atom stereocenters. The van der Waals surface area contributed by atoms with Gasteiger partial charge in [0, 0.05) is 37.8 Å². The van der Waals surface area contributed by atoms with Crippen molar-refractivity contribution in [2.75, 3.05) is 13.7 Å². The molecular formula is C23H31IN4O2. The number of nitrogens with zero attached hydrogens (tertiary/aromatic N) is 2. The fourth-order valence-electron chi connectivity index (χ4n) is 3.57. The first kappa shape index (κ1) is 22.7. The first-order chi connectivity index (χ1) is 14.0. The van der Waals surface area contributed by atoms with Gasteiger partial charge in [-0.1, -0.05) is 24.3 Å². The Hall–Kier alpha value is -2.03. The van der Waals surface area contributed by atoms with Gasteiger partial charge in [0.05, 0.1) is 12.6 Å². The van der Waals surface area contributed by atoms with Crippen molar-refractivity contribution in [1.29, 1.82) is 0 Å². The summed E-state index contributed by atoms with van der Waals surface area (Å²) >= 11 is 0. The minimum atomic E-state index is -0.231. The third-order valence-corrected chi connectivity index (χ3v) is 5.33. The number of hydrogen-bond donors (Lipinski definition) is 2. The Bertz CT molecular complexity index is 866. The van der Waals surface area contributed by atoms with Gasteiger partial charge in [-0.2, -0.15) is 0 Å². The van der Waals surface area contributed by atoms with E-state index in [0.717, 1.165) is 41.8 Å². The molecule has 1 aromatic heterocycles. The largest absolute Gasteiger partial charge is 0.487 e. The Morgan fingerprint density at radius 1 is 1.23 bits per heavy atom. The molecule has 4 rings (SSSR count). The van der Waals surface area contributed by atoms with E-state index in [4.69, 9.17) is 9.47 Å². The summed E-state index contributed by atoms with van der Waals surface area (Å²) < 4.78 is 11.8. The summed E-state index contributed by atoms with van der Waals surface area (Å²) in [4.78, 5) is 8.81. The number of nitrogens with one attached hydrogen (secondary N) is 2. The molecule has 30 heavy (non-hydrogen) atoms. The number of aliphatic imine (C=N–C) groups is 1. The fraction of sp³-hybridized carbons (Fsp3) is 0.478. The minimum absolute atomic E-state index is 0. The molecule has 1 unspecified atom stereocenters. The van der Waals surface area contributed by atoms with E-state index < -0.39 is 0 Å². The molecule has 0 bridgehead atoms. The van der Waals surface area contributed by atoms with Gasteiger partial charge in [-0.3, -0.25) is 4.99 Å². The van der Waals surface area contributed by atoms with E-state index >= 15 is 0 Å². The van der Waals surface area contributed by atoms with Crippen LogP contribution in [0.25, 0.3) is 0 Å². The van der Waals surface area contributed by atoms with E-state index in [1.807, 2.05) is 36.5 Å². The standard InChI is InChI=1S/C23H30N4O2.HI/c1-23(2)12-19(18-6-4-5-7-20(18)29-23)27-22(24-3)26-14-17-10-11-21(25-13-17)28-15-16-8-9-16;/h4-7,10-11,13,16,19H,8-9,12,14-15H2,1-3H3,(H2,24,26,27);1H. The number of hydrogen-bond acceptors (Lipinski definition) is 4. The lowest BCUT2D eigenvalue weighted by atomic mass is 9.90. The van der Waals surface area contributed by atoms with Crippen molar-refractivity contribution in [3.8, 4) is 11.6 Å². The molecule has 1 aromatic carbocycles. The molecule has 2 aromatic rings. The molecule has 1 aliphatic carbocycles. The lowest BCUT2D eigenvalue weighted by Crippen LogP contribution is -2.45. The van der Waals surface area contributed by atoms with E-state index in [9.17, 15) is 0 Å². The zero-order valence-electron chi connectivity index (χ0n) is 17.9. The Morgan fingerprint density at radius 2 is 2.03 bits per heavy atom. The maximum atomic E-state index is 6.12. The van der Waals surface area contributed by atoms with Crippen LogP contribution < -0.4 is 20.1 Å². The average molecular weight is 522 g/mol. The third-order valence-electron chi connectivity index (χ3n) is 5.33. The molecular weight excluding hydrogens is 491 g/mol. The van der Waals surface area contributed by atoms with Gasteiger partial charge in [0.1, 0.15) is 11.4 Å². The van der Waals surface area contributed by atoms with Crippen LogP contribution in [-0.2, 0) is 6.54 Å². The van der Waals surface area contributed by atoms with Gasteiger partial charge in [-0.15, -0.1) is 24.0 Å².